The quantitative estimate of drug-likeness (QED) is 0.756. The monoisotopic (exact) mass is 341 g/mol. The van der Waals surface area contributed by atoms with Gasteiger partial charge in [-0.25, -0.2) is 0 Å². The number of nitrogens with zero attached hydrogens (tertiary/aromatic N) is 5. The SMILES string of the molecule is CCn1cc(-c2cc(N3CCCCC3)n(C)n2)c2[nH]nc(N)c2c1=O. The van der Waals surface area contributed by atoms with Crippen molar-refractivity contribution in [1.29, 1.82) is 0 Å². The van der Waals surface area contributed by atoms with Crippen LogP contribution < -0.4 is 16.2 Å². The van der Waals surface area contributed by atoms with E-state index in [0.29, 0.717) is 17.4 Å². The highest BCUT2D eigenvalue weighted by molar-refractivity contribution is 5.97. The largest absolute Gasteiger partial charge is 0.382 e. The van der Waals surface area contributed by atoms with Gasteiger partial charge in [-0.2, -0.15) is 10.2 Å². The number of H-pyrrole nitrogens is 1. The Balaban J connectivity index is 1.88. The average Bonchev–Trinajstić information content (AvgIpc) is 3.20. The lowest BCUT2D eigenvalue weighted by Gasteiger charge is -2.28. The summed E-state index contributed by atoms with van der Waals surface area (Å²) in [5.74, 6) is 1.33. The van der Waals surface area contributed by atoms with Gasteiger partial charge in [-0.3, -0.25) is 14.6 Å². The first kappa shape index (κ1) is 15.7. The highest BCUT2D eigenvalue weighted by Crippen LogP contribution is 2.30. The number of rotatable bonds is 3. The average molecular weight is 341 g/mol. The number of hydrogen-bond donors (Lipinski definition) is 2. The Kier molecular flexibility index (Phi) is 3.74. The molecule has 25 heavy (non-hydrogen) atoms. The molecule has 0 aromatic carbocycles. The Bertz CT molecular complexity index is 975. The summed E-state index contributed by atoms with van der Waals surface area (Å²) in [6, 6.07) is 2.08. The zero-order valence-electron chi connectivity index (χ0n) is 14.6. The van der Waals surface area contributed by atoms with Crippen LogP contribution in [0.15, 0.2) is 17.1 Å². The second-order valence-electron chi connectivity index (χ2n) is 6.55. The van der Waals surface area contributed by atoms with Crippen LogP contribution in [0.5, 0.6) is 0 Å². The maximum Gasteiger partial charge on any atom is 0.263 e. The number of aryl methyl sites for hydroxylation is 2. The predicted octanol–water partition coefficient (Wildman–Crippen LogP) is 1.72. The van der Waals surface area contributed by atoms with Crippen LogP contribution >= 0.6 is 0 Å². The van der Waals surface area contributed by atoms with Gasteiger partial charge in [0.25, 0.3) is 5.56 Å². The van der Waals surface area contributed by atoms with Crippen LogP contribution in [0.2, 0.25) is 0 Å². The molecule has 0 unspecified atom stereocenters. The summed E-state index contributed by atoms with van der Waals surface area (Å²) in [6.07, 6.45) is 5.55. The Hall–Kier alpha value is -2.77. The van der Waals surface area contributed by atoms with E-state index in [1.165, 1.54) is 19.3 Å². The number of aromatic nitrogens is 5. The Morgan fingerprint density at radius 3 is 2.76 bits per heavy atom. The number of anilines is 2. The first-order valence-electron chi connectivity index (χ1n) is 8.76. The maximum absolute atomic E-state index is 12.5. The minimum absolute atomic E-state index is 0.125. The molecule has 4 rings (SSSR count). The highest BCUT2D eigenvalue weighted by atomic mass is 16.1. The van der Waals surface area contributed by atoms with E-state index in [1.807, 2.05) is 24.9 Å². The van der Waals surface area contributed by atoms with Gasteiger partial charge in [0.05, 0.1) is 11.2 Å². The van der Waals surface area contributed by atoms with E-state index in [0.717, 1.165) is 30.2 Å². The molecule has 3 N–H and O–H groups in total. The van der Waals surface area contributed by atoms with Gasteiger partial charge < -0.3 is 15.2 Å². The van der Waals surface area contributed by atoms with Crippen molar-refractivity contribution in [3.8, 4) is 11.3 Å². The van der Waals surface area contributed by atoms with Gasteiger partial charge in [0.2, 0.25) is 0 Å². The normalized spacial score (nSPS) is 15.2. The number of aromatic amines is 1. The van der Waals surface area contributed by atoms with Gasteiger partial charge in [-0.15, -0.1) is 0 Å². The number of pyridine rings is 1. The van der Waals surface area contributed by atoms with Crippen LogP contribution in [0.3, 0.4) is 0 Å². The zero-order valence-corrected chi connectivity index (χ0v) is 14.6. The number of nitrogens with two attached hydrogens (primary N) is 1. The van der Waals surface area contributed by atoms with E-state index in [9.17, 15) is 4.79 Å². The molecule has 1 saturated heterocycles. The third kappa shape index (κ3) is 2.48. The molecule has 0 aliphatic carbocycles. The predicted molar refractivity (Wildman–Crippen MR) is 98.7 cm³/mol. The van der Waals surface area contributed by atoms with Crippen molar-refractivity contribution >= 4 is 22.5 Å². The van der Waals surface area contributed by atoms with E-state index < -0.39 is 0 Å². The van der Waals surface area contributed by atoms with Gasteiger partial charge in [0, 0.05) is 44.5 Å². The molecule has 3 aromatic heterocycles. The van der Waals surface area contributed by atoms with Crippen molar-refractivity contribution in [2.24, 2.45) is 7.05 Å². The van der Waals surface area contributed by atoms with Crippen molar-refractivity contribution < 1.29 is 0 Å². The molecular formula is C17H23N7O. The standard InChI is InChI=1S/C17H23N7O/c1-3-23-10-11(15-14(17(23)25)16(18)20-19-15)12-9-13(22(2)21-12)24-7-5-4-6-8-24/h9-10H,3-8H2,1-2H3,(H3,18,19,20). The molecule has 132 valence electrons. The fourth-order valence-corrected chi connectivity index (χ4v) is 3.63. The lowest BCUT2D eigenvalue weighted by atomic mass is 10.1. The van der Waals surface area contributed by atoms with Crippen LogP contribution in [0.1, 0.15) is 26.2 Å². The van der Waals surface area contributed by atoms with Crippen LogP contribution in [0.25, 0.3) is 22.2 Å². The topological polar surface area (TPSA) is 97.8 Å². The van der Waals surface area contributed by atoms with Crippen molar-refractivity contribution in [3.63, 3.8) is 0 Å². The molecule has 1 aliphatic heterocycles. The number of fused-ring (bicyclic) bond motifs is 1. The summed E-state index contributed by atoms with van der Waals surface area (Å²) in [5, 5.41) is 12.1. The summed E-state index contributed by atoms with van der Waals surface area (Å²) in [4.78, 5) is 14.9. The molecule has 0 bridgehead atoms. The summed E-state index contributed by atoms with van der Waals surface area (Å²) in [5.41, 5.74) is 8.10. The summed E-state index contributed by atoms with van der Waals surface area (Å²) in [6.45, 7) is 4.61. The minimum Gasteiger partial charge on any atom is -0.382 e. The molecule has 0 atom stereocenters. The summed E-state index contributed by atoms with van der Waals surface area (Å²) >= 11 is 0. The fraction of sp³-hybridized carbons (Fsp3) is 0.471. The second kappa shape index (κ2) is 5.94. The van der Waals surface area contributed by atoms with E-state index in [1.54, 1.807) is 4.57 Å². The Morgan fingerprint density at radius 1 is 1.28 bits per heavy atom. The van der Waals surface area contributed by atoms with Crippen LogP contribution in [-0.2, 0) is 13.6 Å². The second-order valence-corrected chi connectivity index (χ2v) is 6.55. The molecular weight excluding hydrogens is 318 g/mol. The van der Waals surface area contributed by atoms with E-state index in [4.69, 9.17) is 10.8 Å². The van der Waals surface area contributed by atoms with Crippen molar-refractivity contribution in [3.05, 3.63) is 22.6 Å². The van der Waals surface area contributed by atoms with Gasteiger partial charge in [0.15, 0.2) is 5.82 Å². The number of nitrogen functional groups attached to an aromatic ring is 1. The number of hydrogen-bond acceptors (Lipinski definition) is 5. The third-order valence-corrected chi connectivity index (χ3v) is 4.98. The number of piperidine rings is 1. The van der Waals surface area contributed by atoms with Crippen LogP contribution in [0.4, 0.5) is 11.6 Å². The molecule has 8 nitrogen and oxygen atoms in total. The molecule has 1 fully saturated rings. The van der Waals surface area contributed by atoms with Gasteiger partial charge in [-0.05, 0) is 26.2 Å². The highest BCUT2D eigenvalue weighted by Gasteiger charge is 2.20. The maximum atomic E-state index is 12.5. The van der Waals surface area contributed by atoms with E-state index in [-0.39, 0.29) is 11.4 Å². The molecule has 0 radical (unpaired) electrons. The number of nitrogens with one attached hydrogen (secondary N) is 1. The lowest BCUT2D eigenvalue weighted by Crippen LogP contribution is -2.30. The van der Waals surface area contributed by atoms with Crippen LogP contribution in [-0.4, -0.2) is 37.6 Å². The molecule has 4 heterocycles. The molecule has 0 amide bonds. The van der Waals surface area contributed by atoms with Crippen molar-refractivity contribution in [2.75, 3.05) is 23.7 Å². The minimum atomic E-state index is -0.125. The van der Waals surface area contributed by atoms with Gasteiger partial charge in [0.1, 0.15) is 11.2 Å². The van der Waals surface area contributed by atoms with Gasteiger partial charge in [-0.1, -0.05) is 0 Å². The van der Waals surface area contributed by atoms with E-state index in [2.05, 4.69) is 21.2 Å². The lowest BCUT2D eigenvalue weighted by molar-refractivity contribution is 0.561. The van der Waals surface area contributed by atoms with Gasteiger partial charge >= 0.3 is 0 Å². The fourth-order valence-electron chi connectivity index (χ4n) is 3.63. The third-order valence-electron chi connectivity index (χ3n) is 4.98. The first-order valence-corrected chi connectivity index (χ1v) is 8.76. The molecule has 0 spiro atoms. The van der Waals surface area contributed by atoms with Crippen molar-refractivity contribution in [2.45, 2.75) is 32.7 Å². The van der Waals surface area contributed by atoms with E-state index >= 15 is 0 Å². The van der Waals surface area contributed by atoms with Crippen molar-refractivity contribution in [1.82, 2.24) is 24.5 Å². The zero-order chi connectivity index (χ0) is 17.6. The summed E-state index contributed by atoms with van der Waals surface area (Å²) < 4.78 is 3.56. The van der Waals surface area contributed by atoms with Crippen LogP contribution in [0, 0.1) is 0 Å². The molecule has 3 aromatic rings. The molecule has 1 aliphatic rings. The molecule has 0 saturated carbocycles. The first-order chi connectivity index (χ1) is 12.1. The summed E-state index contributed by atoms with van der Waals surface area (Å²) in [7, 11) is 1.96. The Morgan fingerprint density at radius 2 is 2.04 bits per heavy atom. The molecule has 8 heteroatoms. The smallest absolute Gasteiger partial charge is 0.263 e. The Labute approximate surface area is 145 Å².